The molecule has 0 radical (unpaired) electrons. The van der Waals surface area contributed by atoms with E-state index in [1.807, 2.05) is 0 Å². The largest absolute Gasteiger partial charge is 0.463 e. The van der Waals surface area contributed by atoms with E-state index in [1.165, 1.54) is 6.08 Å². The van der Waals surface area contributed by atoms with Crippen LogP contribution in [0.5, 0.6) is 0 Å². The van der Waals surface area contributed by atoms with E-state index >= 15 is 0 Å². The average molecular weight is 284 g/mol. The van der Waals surface area contributed by atoms with Gasteiger partial charge in [0.05, 0.1) is 10.00 Å². The first kappa shape index (κ1) is 10.9. The summed E-state index contributed by atoms with van der Waals surface area (Å²) < 4.78 is 5.42. The summed E-state index contributed by atoms with van der Waals surface area (Å²) >= 11 is 6.28. The molecule has 0 amide bonds. The number of ether oxygens (including phenoxy) is 1. The Morgan fingerprint density at radius 1 is 1.55 bits per heavy atom. The van der Waals surface area contributed by atoms with E-state index in [2.05, 4.69) is 36.6 Å². The highest BCUT2D eigenvalue weighted by Gasteiger charge is 1.90. The minimum absolute atomic E-state index is 0.329. The summed E-state index contributed by atoms with van der Waals surface area (Å²) in [4.78, 5) is 10.7. The van der Waals surface area contributed by atoms with E-state index in [0.717, 1.165) is 3.39 Å². The second kappa shape index (κ2) is 6.61. The van der Waals surface area contributed by atoms with Gasteiger partial charge in [-0.25, -0.2) is 4.79 Å². The van der Waals surface area contributed by atoms with Crippen molar-refractivity contribution in [2.24, 2.45) is 0 Å². The highest BCUT2D eigenvalue weighted by molar-refractivity contribution is 9.28. The van der Waals surface area contributed by atoms with Crippen molar-refractivity contribution in [3.63, 3.8) is 0 Å². The molecule has 0 N–H and O–H groups in total. The molecule has 0 heterocycles. The lowest BCUT2D eigenvalue weighted by Gasteiger charge is -1.92. The van der Waals surface area contributed by atoms with Crippen LogP contribution in [-0.2, 0) is 9.53 Å². The van der Waals surface area contributed by atoms with Crippen molar-refractivity contribution in [3.8, 4) is 0 Å². The molecule has 62 valence electrons. The fraction of sp³-hybridized carbons (Fsp3) is 0.286. The molecule has 0 fully saturated rings. The van der Waals surface area contributed by atoms with Gasteiger partial charge in [0, 0.05) is 6.08 Å². The van der Waals surface area contributed by atoms with Gasteiger partial charge < -0.3 is 4.74 Å². The van der Waals surface area contributed by atoms with Crippen LogP contribution in [0.15, 0.2) is 21.6 Å². The quantitative estimate of drug-likeness (QED) is 0.452. The fourth-order valence-corrected chi connectivity index (χ4v) is 0.695. The molecule has 0 bridgehead atoms. The number of halogens is 2. The summed E-state index contributed by atoms with van der Waals surface area (Å²) in [5, 5.41) is 0. The number of rotatable bonds is 3. The normalized spacial score (nSPS) is 9.73. The Balaban J connectivity index is 3.74. The highest BCUT2D eigenvalue weighted by atomic mass is 79.9. The third-order valence-electron chi connectivity index (χ3n) is 0.741. The Kier molecular flexibility index (Phi) is 6.56. The maximum Gasteiger partial charge on any atom is 0.330 e. The zero-order valence-electron chi connectivity index (χ0n) is 6.01. The van der Waals surface area contributed by atoms with Crippen molar-refractivity contribution in [2.75, 3.05) is 6.61 Å². The Bertz CT molecular complexity index is 181. The molecule has 0 spiro atoms. The minimum atomic E-state index is -0.329. The van der Waals surface area contributed by atoms with Crippen LogP contribution in [0.25, 0.3) is 0 Å². The van der Waals surface area contributed by atoms with Crippen molar-refractivity contribution in [2.45, 2.75) is 6.92 Å². The van der Waals surface area contributed by atoms with Crippen LogP contribution in [0, 0.1) is 0 Å². The van der Waals surface area contributed by atoms with E-state index in [9.17, 15) is 4.79 Å². The molecular formula is C7H8Br2O2. The highest BCUT2D eigenvalue weighted by Crippen LogP contribution is 2.12. The average Bonchev–Trinajstić information content (AvgIpc) is 1.87. The number of allylic oxidation sites excluding steroid dienone is 2. The van der Waals surface area contributed by atoms with Crippen molar-refractivity contribution < 1.29 is 9.53 Å². The summed E-state index contributed by atoms with van der Waals surface area (Å²) in [6.07, 6.45) is 4.64. The van der Waals surface area contributed by atoms with Gasteiger partial charge in [-0.05, 0) is 44.9 Å². The molecule has 0 unspecified atom stereocenters. The van der Waals surface area contributed by atoms with Crippen LogP contribution >= 0.6 is 31.9 Å². The summed E-state index contributed by atoms with van der Waals surface area (Å²) in [5.41, 5.74) is 0. The lowest BCUT2D eigenvalue weighted by molar-refractivity contribution is -0.137. The van der Waals surface area contributed by atoms with E-state index in [0.29, 0.717) is 6.61 Å². The number of carbonyl (C=O) groups is 1. The van der Waals surface area contributed by atoms with Crippen molar-refractivity contribution in [1.82, 2.24) is 0 Å². The first-order valence-corrected chi connectivity index (χ1v) is 4.61. The van der Waals surface area contributed by atoms with Gasteiger partial charge in [0.2, 0.25) is 0 Å². The van der Waals surface area contributed by atoms with Gasteiger partial charge in [0.15, 0.2) is 0 Å². The first-order chi connectivity index (χ1) is 5.16. The zero-order chi connectivity index (χ0) is 8.69. The maximum atomic E-state index is 10.7. The molecule has 0 saturated heterocycles. The SMILES string of the molecule is CCOC(=O)C=CC=C(Br)Br. The second-order valence-corrected chi connectivity index (χ2v) is 4.34. The van der Waals surface area contributed by atoms with E-state index in [-0.39, 0.29) is 5.97 Å². The van der Waals surface area contributed by atoms with E-state index < -0.39 is 0 Å². The van der Waals surface area contributed by atoms with Gasteiger partial charge in [-0.15, -0.1) is 0 Å². The van der Waals surface area contributed by atoms with Gasteiger partial charge in [-0.3, -0.25) is 0 Å². The van der Waals surface area contributed by atoms with Crippen LogP contribution in [0.1, 0.15) is 6.92 Å². The molecule has 0 rings (SSSR count). The maximum absolute atomic E-state index is 10.7. The van der Waals surface area contributed by atoms with Gasteiger partial charge in [0.1, 0.15) is 0 Å². The van der Waals surface area contributed by atoms with Crippen molar-refractivity contribution in [1.29, 1.82) is 0 Å². The smallest absolute Gasteiger partial charge is 0.330 e. The van der Waals surface area contributed by atoms with Crippen molar-refractivity contribution in [3.05, 3.63) is 21.6 Å². The summed E-state index contributed by atoms with van der Waals surface area (Å²) in [6, 6.07) is 0. The van der Waals surface area contributed by atoms with Gasteiger partial charge in [-0.2, -0.15) is 0 Å². The van der Waals surface area contributed by atoms with Crippen LogP contribution in [0.2, 0.25) is 0 Å². The van der Waals surface area contributed by atoms with E-state index in [4.69, 9.17) is 0 Å². The monoisotopic (exact) mass is 282 g/mol. The molecule has 0 aliphatic carbocycles. The molecule has 0 aromatic heterocycles. The molecule has 0 saturated carbocycles. The number of carbonyl (C=O) groups excluding carboxylic acids is 1. The standard InChI is InChI=1S/C7H8Br2O2/c1-2-11-7(10)5-3-4-6(8)9/h3-5H,2H2,1H3. The Morgan fingerprint density at radius 3 is 2.64 bits per heavy atom. The molecule has 11 heavy (non-hydrogen) atoms. The zero-order valence-corrected chi connectivity index (χ0v) is 9.18. The van der Waals surface area contributed by atoms with Crippen LogP contribution < -0.4 is 0 Å². The molecule has 2 nitrogen and oxygen atoms in total. The third-order valence-corrected chi connectivity index (χ3v) is 1.27. The summed E-state index contributed by atoms with van der Waals surface area (Å²) in [5.74, 6) is -0.329. The fourth-order valence-electron chi connectivity index (χ4n) is 0.390. The predicted octanol–water partition coefficient (Wildman–Crippen LogP) is 2.74. The molecule has 4 heteroatoms. The van der Waals surface area contributed by atoms with Crippen molar-refractivity contribution >= 4 is 37.8 Å². The Hall–Kier alpha value is -0.0900. The summed E-state index contributed by atoms with van der Waals surface area (Å²) in [6.45, 7) is 2.17. The lowest BCUT2D eigenvalue weighted by atomic mass is 10.5. The predicted molar refractivity (Wildman–Crippen MR) is 51.7 cm³/mol. The summed E-state index contributed by atoms with van der Waals surface area (Å²) in [7, 11) is 0. The number of hydrogen-bond donors (Lipinski definition) is 0. The van der Waals surface area contributed by atoms with Crippen LogP contribution in [0.4, 0.5) is 0 Å². The lowest BCUT2D eigenvalue weighted by Crippen LogP contribution is -1.98. The molecular weight excluding hydrogens is 276 g/mol. The van der Waals surface area contributed by atoms with Crippen LogP contribution in [-0.4, -0.2) is 12.6 Å². The van der Waals surface area contributed by atoms with Gasteiger partial charge in [0.25, 0.3) is 0 Å². The Labute approximate surface area is 82.6 Å². The van der Waals surface area contributed by atoms with Crippen LogP contribution in [0.3, 0.4) is 0 Å². The topological polar surface area (TPSA) is 26.3 Å². The Morgan fingerprint density at radius 2 is 2.18 bits per heavy atom. The molecule has 0 aromatic rings. The van der Waals surface area contributed by atoms with Gasteiger partial charge >= 0.3 is 5.97 Å². The molecule has 0 atom stereocenters. The third kappa shape index (κ3) is 7.81. The first-order valence-electron chi connectivity index (χ1n) is 3.03. The molecule has 0 aliphatic heterocycles. The molecule has 0 aromatic carbocycles. The number of esters is 1. The number of hydrogen-bond acceptors (Lipinski definition) is 2. The van der Waals surface area contributed by atoms with E-state index in [1.54, 1.807) is 19.1 Å². The minimum Gasteiger partial charge on any atom is -0.463 e. The molecule has 0 aliphatic rings. The second-order valence-electron chi connectivity index (χ2n) is 1.57. The van der Waals surface area contributed by atoms with Gasteiger partial charge in [-0.1, -0.05) is 6.08 Å².